The number of rotatable bonds is 6. The van der Waals surface area contributed by atoms with Crippen molar-refractivity contribution in [2.75, 3.05) is 6.54 Å². The van der Waals surface area contributed by atoms with Crippen molar-refractivity contribution in [3.05, 3.63) is 53.7 Å². The van der Waals surface area contributed by atoms with Crippen molar-refractivity contribution in [1.82, 2.24) is 15.6 Å². The summed E-state index contributed by atoms with van der Waals surface area (Å²) >= 11 is 0. The first-order valence-corrected chi connectivity index (χ1v) is 9.43. The normalized spacial score (nSPS) is 18.7. The highest BCUT2D eigenvalue weighted by molar-refractivity contribution is 5.96. The van der Waals surface area contributed by atoms with Gasteiger partial charge in [-0.25, -0.2) is 13.8 Å². The zero-order valence-electron chi connectivity index (χ0n) is 15.8. The maximum atomic E-state index is 13.7. The Morgan fingerprint density at radius 1 is 1.03 bits per heavy atom. The summed E-state index contributed by atoms with van der Waals surface area (Å²) < 4.78 is 32.3. The van der Waals surface area contributed by atoms with Gasteiger partial charge in [0.15, 0.2) is 6.54 Å². The first kappa shape index (κ1) is 20.7. The molecule has 154 valence electrons. The predicted octanol–water partition coefficient (Wildman–Crippen LogP) is 1.55. The Kier molecular flexibility index (Phi) is 6.71. The number of halogens is 2. The van der Waals surface area contributed by atoms with E-state index in [0.717, 1.165) is 25.1 Å². The van der Waals surface area contributed by atoms with Crippen LogP contribution < -0.4 is 21.1 Å². The molecule has 1 heterocycles. The number of aromatic nitrogens is 1. The summed E-state index contributed by atoms with van der Waals surface area (Å²) in [6, 6.07) is 6.24. The average molecular weight is 405 g/mol. The van der Waals surface area contributed by atoms with E-state index in [9.17, 15) is 18.4 Å². The van der Waals surface area contributed by atoms with Gasteiger partial charge < -0.3 is 21.1 Å². The van der Waals surface area contributed by atoms with Gasteiger partial charge >= 0.3 is 0 Å². The number of nitrogens with one attached hydrogen (secondary N) is 2. The molecule has 2 amide bonds. The summed E-state index contributed by atoms with van der Waals surface area (Å²) in [5.41, 5.74) is 3.51. The molecule has 1 fully saturated rings. The number of nitrogens with zero attached hydrogens (tertiary/aromatic N) is 1. The van der Waals surface area contributed by atoms with Crippen LogP contribution in [-0.2, 0) is 4.79 Å². The summed E-state index contributed by atoms with van der Waals surface area (Å²) in [5, 5.41) is 5.78. The highest BCUT2D eigenvalue weighted by Crippen LogP contribution is 2.25. The van der Waals surface area contributed by atoms with Crippen LogP contribution in [0.25, 0.3) is 0 Å². The van der Waals surface area contributed by atoms with Crippen LogP contribution >= 0.6 is 0 Å². The molecule has 1 aromatic heterocycles. The summed E-state index contributed by atoms with van der Waals surface area (Å²) in [7, 11) is 0. The van der Waals surface area contributed by atoms with Crippen LogP contribution in [0.3, 0.4) is 0 Å². The molecule has 7 nitrogen and oxygen atoms in total. The molecule has 0 radical (unpaired) electrons. The van der Waals surface area contributed by atoms with Gasteiger partial charge in [0.2, 0.25) is 5.88 Å². The smallest absolute Gasteiger partial charge is 0.275 e. The number of amides is 2. The molecule has 1 saturated carbocycles. The Bertz CT molecular complexity index is 869. The van der Waals surface area contributed by atoms with Gasteiger partial charge in [0.05, 0.1) is 6.20 Å². The lowest BCUT2D eigenvalue weighted by Gasteiger charge is -2.29. The molecule has 5 N–H and O–H groups in total. The lowest BCUT2D eigenvalue weighted by molar-refractivity contribution is -0.355. The van der Waals surface area contributed by atoms with E-state index in [-0.39, 0.29) is 41.7 Å². The molecular weight excluding hydrogens is 382 g/mol. The second kappa shape index (κ2) is 9.42. The average Bonchev–Trinajstić information content (AvgIpc) is 2.72. The van der Waals surface area contributed by atoms with Crippen molar-refractivity contribution >= 4 is 11.8 Å². The molecule has 0 saturated heterocycles. The minimum Gasteiger partial charge on any atom is -0.438 e. The minimum atomic E-state index is -0.666. The summed E-state index contributed by atoms with van der Waals surface area (Å²) in [5.74, 6) is -1.47. The lowest BCUT2D eigenvalue weighted by Crippen LogP contribution is -2.58. The van der Waals surface area contributed by atoms with Crippen LogP contribution in [0.15, 0.2) is 36.5 Å². The minimum absolute atomic E-state index is 0.0400. The van der Waals surface area contributed by atoms with E-state index in [1.54, 1.807) is 0 Å². The maximum absolute atomic E-state index is 13.7. The Labute approximate surface area is 166 Å². The third-order valence-electron chi connectivity index (χ3n) is 4.75. The van der Waals surface area contributed by atoms with Crippen molar-refractivity contribution in [1.29, 1.82) is 0 Å². The summed E-state index contributed by atoms with van der Waals surface area (Å²) in [4.78, 5) is 28.0. The van der Waals surface area contributed by atoms with Crippen LogP contribution in [0.2, 0.25) is 0 Å². The van der Waals surface area contributed by atoms with Crippen LogP contribution in [-0.4, -0.2) is 35.4 Å². The fourth-order valence-electron chi connectivity index (χ4n) is 3.23. The summed E-state index contributed by atoms with van der Waals surface area (Å²) in [6.45, 7) is 0.195. The van der Waals surface area contributed by atoms with E-state index < -0.39 is 17.5 Å². The summed E-state index contributed by atoms with van der Waals surface area (Å²) in [6.07, 6.45) is 3.79. The molecule has 0 atom stereocenters. The molecule has 29 heavy (non-hydrogen) atoms. The van der Waals surface area contributed by atoms with E-state index >= 15 is 0 Å². The lowest BCUT2D eigenvalue weighted by atomic mass is 9.91. The van der Waals surface area contributed by atoms with Crippen LogP contribution in [0.1, 0.15) is 36.0 Å². The topological polar surface area (TPSA) is 108 Å². The number of ether oxygens (including phenoxy) is 1. The molecule has 0 bridgehead atoms. The van der Waals surface area contributed by atoms with Gasteiger partial charge in [0.25, 0.3) is 11.8 Å². The van der Waals surface area contributed by atoms with Crippen molar-refractivity contribution < 1.29 is 28.8 Å². The van der Waals surface area contributed by atoms with Crippen LogP contribution in [0.4, 0.5) is 8.78 Å². The molecule has 2 aromatic rings. The van der Waals surface area contributed by atoms with Crippen molar-refractivity contribution in [2.24, 2.45) is 0 Å². The number of hydrogen-bond donors (Lipinski definition) is 3. The van der Waals surface area contributed by atoms with Crippen molar-refractivity contribution in [3.63, 3.8) is 0 Å². The largest absolute Gasteiger partial charge is 0.438 e. The zero-order chi connectivity index (χ0) is 20.8. The van der Waals surface area contributed by atoms with Crippen LogP contribution in [0, 0.1) is 11.6 Å². The highest BCUT2D eigenvalue weighted by Gasteiger charge is 2.25. The first-order valence-electron chi connectivity index (χ1n) is 9.43. The second-order valence-electron chi connectivity index (χ2n) is 6.90. The Morgan fingerprint density at radius 3 is 2.28 bits per heavy atom. The Hall–Kier alpha value is -3.07. The molecular formula is C20H23F2N4O3+. The Balaban J connectivity index is 1.64. The molecule has 0 unspecified atom stereocenters. The van der Waals surface area contributed by atoms with E-state index in [4.69, 9.17) is 4.74 Å². The van der Waals surface area contributed by atoms with E-state index in [0.29, 0.717) is 12.8 Å². The van der Waals surface area contributed by atoms with E-state index in [1.165, 1.54) is 24.3 Å². The van der Waals surface area contributed by atoms with Gasteiger partial charge in [-0.1, -0.05) is 0 Å². The third-order valence-corrected chi connectivity index (χ3v) is 4.75. The van der Waals surface area contributed by atoms with Crippen molar-refractivity contribution in [2.45, 2.75) is 37.8 Å². The molecule has 0 aliphatic heterocycles. The number of carbonyl (C=O) groups excluding carboxylic acids is 2. The fraction of sp³-hybridized carbons (Fsp3) is 0.350. The van der Waals surface area contributed by atoms with E-state index in [2.05, 4.69) is 21.4 Å². The van der Waals surface area contributed by atoms with Crippen LogP contribution in [0.5, 0.6) is 11.6 Å². The molecule has 0 spiro atoms. The molecule has 3 rings (SSSR count). The number of pyridine rings is 1. The SMILES string of the molecule is [NH3+]CC(=O)NC1CCC(NC(=O)c2cc(F)cnc2Oc2ccc(F)cc2)CC1. The first-order chi connectivity index (χ1) is 13.9. The molecule has 1 aliphatic carbocycles. The standard InChI is InChI=1S/C20H22F2N4O3/c21-12-1-7-16(8-2-12)29-20-17(9-13(22)11-24-20)19(28)26-15-5-3-14(4-6-15)25-18(27)10-23/h1-2,7-9,11,14-15H,3-6,10,23H2,(H,25,27)(H,26,28)/p+1. The van der Waals surface area contributed by atoms with Gasteiger partial charge in [-0.3, -0.25) is 9.59 Å². The highest BCUT2D eigenvalue weighted by atomic mass is 19.1. The van der Waals surface area contributed by atoms with Gasteiger partial charge in [-0.05, 0) is 56.0 Å². The predicted molar refractivity (Wildman–Crippen MR) is 100 cm³/mol. The second-order valence-corrected chi connectivity index (χ2v) is 6.90. The van der Waals surface area contributed by atoms with Gasteiger partial charge in [-0.15, -0.1) is 0 Å². The molecule has 9 heteroatoms. The van der Waals surface area contributed by atoms with Gasteiger partial charge in [-0.2, -0.15) is 0 Å². The maximum Gasteiger partial charge on any atom is 0.275 e. The molecule has 1 aliphatic rings. The number of hydrogen-bond acceptors (Lipinski definition) is 4. The quantitative estimate of drug-likeness (QED) is 0.678. The van der Waals surface area contributed by atoms with Gasteiger partial charge in [0, 0.05) is 12.1 Å². The monoisotopic (exact) mass is 405 g/mol. The number of carbonyl (C=O) groups is 2. The number of quaternary nitrogens is 1. The van der Waals surface area contributed by atoms with Crippen molar-refractivity contribution in [3.8, 4) is 11.6 Å². The zero-order valence-corrected chi connectivity index (χ0v) is 15.8. The molecule has 1 aromatic carbocycles. The van der Waals surface area contributed by atoms with Gasteiger partial charge in [0.1, 0.15) is 22.9 Å². The Morgan fingerprint density at radius 2 is 1.66 bits per heavy atom. The van der Waals surface area contributed by atoms with E-state index in [1.807, 2.05) is 0 Å². The number of benzene rings is 1. The third kappa shape index (κ3) is 5.71. The fourth-order valence-corrected chi connectivity index (χ4v) is 3.23.